The van der Waals surface area contributed by atoms with E-state index < -0.39 is 0 Å². The van der Waals surface area contributed by atoms with Crippen LogP contribution < -0.4 is 0 Å². The Morgan fingerprint density at radius 3 is 2.65 bits per heavy atom. The zero-order valence-corrected chi connectivity index (χ0v) is 12.5. The second kappa shape index (κ2) is 5.72. The lowest BCUT2D eigenvalue weighted by Crippen LogP contribution is -2.19. The quantitative estimate of drug-likeness (QED) is 0.786. The van der Waals surface area contributed by atoms with E-state index in [0.29, 0.717) is 17.9 Å². The number of rotatable bonds is 3. The molecule has 23 heavy (non-hydrogen) atoms. The van der Waals surface area contributed by atoms with Crippen LogP contribution in [0.15, 0.2) is 60.8 Å². The van der Waals surface area contributed by atoms with Gasteiger partial charge in [0.2, 0.25) is 0 Å². The first-order valence-electron chi connectivity index (χ1n) is 7.59. The molecule has 0 spiro atoms. The van der Waals surface area contributed by atoms with E-state index in [-0.39, 0.29) is 5.82 Å². The zero-order chi connectivity index (χ0) is 15.6. The van der Waals surface area contributed by atoms with Crippen molar-refractivity contribution in [2.45, 2.75) is 13.1 Å². The predicted octanol–water partition coefficient (Wildman–Crippen LogP) is 4.20. The Kier molecular flexibility index (Phi) is 3.42. The van der Waals surface area contributed by atoms with Gasteiger partial charge in [-0.25, -0.2) is 9.37 Å². The maximum Gasteiger partial charge on any atom is 0.141 e. The van der Waals surface area contributed by atoms with Gasteiger partial charge in [-0.3, -0.25) is 0 Å². The predicted molar refractivity (Wildman–Crippen MR) is 88.7 cm³/mol. The highest BCUT2D eigenvalue weighted by atomic mass is 19.1. The lowest BCUT2D eigenvalue weighted by molar-refractivity contribution is 0.355. The summed E-state index contributed by atoms with van der Waals surface area (Å²) in [7, 11) is 0. The molecule has 4 heteroatoms. The SMILES string of the molecule is Fc1ccccc1-c1nc2c([nH]1)C=CN(Cc1ccccc1)C2. The first kappa shape index (κ1) is 13.8. The zero-order valence-electron chi connectivity index (χ0n) is 12.5. The van der Waals surface area contributed by atoms with Crippen LogP contribution in [-0.4, -0.2) is 14.9 Å². The van der Waals surface area contributed by atoms with Gasteiger partial charge in [-0.1, -0.05) is 42.5 Å². The molecule has 4 rings (SSSR count). The summed E-state index contributed by atoms with van der Waals surface area (Å²) >= 11 is 0. The van der Waals surface area contributed by atoms with Gasteiger partial charge in [0.15, 0.2) is 0 Å². The van der Waals surface area contributed by atoms with Crippen molar-refractivity contribution in [2.75, 3.05) is 0 Å². The first-order valence-corrected chi connectivity index (χ1v) is 7.59. The number of aromatic nitrogens is 2. The van der Waals surface area contributed by atoms with Crippen LogP contribution in [0.25, 0.3) is 17.5 Å². The number of aromatic amines is 1. The number of benzene rings is 2. The standard InChI is InChI=1S/C19H16FN3/c20-16-9-5-4-8-15(16)19-21-17-10-11-23(13-18(17)22-19)12-14-6-2-1-3-7-14/h1-11H,12-13H2,(H,21,22). The summed E-state index contributed by atoms with van der Waals surface area (Å²) in [5.41, 5.74) is 3.66. The fourth-order valence-electron chi connectivity index (χ4n) is 2.81. The lowest BCUT2D eigenvalue weighted by Gasteiger charge is -2.22. The van der Waals surface area contributed by atoms with E-state index in [1.807, 2.05) is 30.3 Å². The first-order chi connectivity index (χ1) is 11.3. The molecule has 3 aromatic rings. The van der Waals surface area contributed by atoms with Gasteiger partial charge in [0.05, 0.1) is 23.5 Å². The molecule has 1 aliphatic rings. The topological polar surface area (TPSA) is 31.9 Å². The van der Waals surface area contributed by atoms with Gasteiger partial charge >= 0.3 is 0 Å². The minimum atomic E-state index is -0.260. The van der Waals surface area contributed by atoms with Gasteiger partial charge in [-0.05, 0) is 23.8 Å². The van der Waals surface area contributed by atoms with E-state index in [1.165, 1.54) is 11.6 Å². The van der Waals surface area contributed by atoms with Crippen LogP contribution >= 0.6 is 0 Å². The number of hydrogen-bond donors (Lipinski definition) is 1. The molecule has 0 aliphatic carbocycles. The molecule has 0 fully saturated rings. The summed E-state index contributed by atoms with van der Waals surface area (Å²) in [4.78, 5) is 9.99. The lowest BCUT2D eigenvalue weighted by atomic mass is 10.2. The number of hydrogen-bond acceptors (Lipinski definition) is 2. The number of nitrogens with one attached hydrogen (secondary N) is 1. The van der Waals surface area contributed by atoms with Gasteiger partial charge in [-0.15, -0.1) is 0 Å². The van der Waals surface area contributed by atoms with Crippen LogP contribution in [0, 0.1) is 5.82 Å². The molecule has 0 atom stereocenters. The Morgan fingerprint density at radius 1 is 1.04 bits per heavy atom. The highest BCUT2D eigenvalue weighted by Crippen LogP contribution is 2.25. The smallest absolute Gasteiger partial charge is 0.141 e. The van der Waals surface area contributed by atoms with Crippen LogP contribution in [0.2, 0.25) is 0 Å². The summed E-state index contributed by atoms with van der Waals surface area (Å²) < 4.78 is 13.9. The van der Waals surface area contributed by atoms with Crippen LogP contribution in [0.5, 0.6) is 0 Å². The van der Waals surface area contributed by atoms with Crippen LogP contribution in [0.1, 0.15) is 17.0 Å². The third-order valence-electron chi connectivity index (χ3n) is 3.97. The number of fused-ring (bicyclic) bond motifs is 1. The highest BCUT2D eigenvalue weighted by molar-refractivity contribution is 5.61. The fraction of sp³-hybridized carbons (Fsp3) is 0.105. The Morgan fingerprint density at radius 2 is 1.83 bits per heavy atom. The molecular weight excluding hydrogens is 289 g/mol. The van der Waals surface area contributed by atoms with Crippen LogP contribution in [0.3, 0.4) is 0 Å². The molecular formula is C19H16FN3. The van der Waals surface area contributed by atoms with Crippen molar-refractivity contribution in [3.8, 4) is 11.4 Å². The third kappa shape index (κ3) is 2.75. The second-order valence-electron chi connectivity index (χ2n) is 5.63. The maximum atomic E-state index is 13.9. The fourth-order valence-corrected chi connectivity index (χ4v) is 2.81. The van der Waals surface area contributed by atoms with E-state index in [4.69, 9.17) is 0 Å². The molecule has 0 amide bonds. The summed E-state index contributed by atoms with van der Waals surface area (Å²) in [5, 5.41) is 0. The maximum absolute atomic E-state index is 13.9. The monoisotopic (exact) mass is 305 g/mol. The van der Waals surface area contributed by atoms with Gasteiger partial charge < -0.3 is 9.88 Å². The Bertz CT molecular complexity index is 852. The minimum absolute atomic E-state index is 0.260. The molecule has 0 bridgehead atoms. The van der Waals surface area contributed by atoms with Crippen molar-refractivity contribution in [1.29, 1.82) is 0 Å². The van der Waals surface area contributed by atoms with E-state index in [9.17, 15) is 4.39 Å². The Balaban J connectivity index is 1.58. The van der Waals surface area contributed by atoms with Crippen molar-refractivity contribution in [2.24, 2.45) is 0 Å². The van der Waals surface area contributed by atoms with E-state index in [2.05, 4.69) is 33.2 Å². The number of nitrogens with zero attached hydrogens (tertiary/aromatic N) is 2. The summed E-state index contributed by atoms with van der Waals surface area (Å²) in [6.07, 6.45) is 4.05. The van der Waals surface area contributed by atoms with E-state index in [1.54, 1.807) is 12.1 Å². The van der Waals surface area contributed by atoms with Gasteiger partial charge in [0.1, 0.15) is 11.6 Å². The molecule has 0 saturated carbocycles. The molecule has 0 unspecified atom stereocenters. The number of imidazole rings is 1. The molecule has 3 nitrogen and oxygen atoms in total. The normalized spacial score (nSPS) is 13.2. The minimum Gasteiger partial charge on any atom is -0.367 e. The largest absolute Gasteiger partial charge is 0.367 e. The third-order valence-corrected chi connectivity index (χ3v) is 3.97. The Labute approximate surface area is 134 Å². The molecule has 1 aliphatic heterocycles. The van der Waals surface area contributed by atoms with Gasteiger partial charge in [-0.2, -0.15) is 0 Å². The summed E-state index contributed by atoms with van der Waals surface area (Å²) in [6.45, 7) is 1.55. The molecule has 114 valence electrons. The number of H-pyrrole nitrogens is 1. The number of halogens is 1. The molecule has 0 radical (unpaired) electrons. The van der Waals surface area contributed by atoms with E-state index in [0.717, 1.165) is 17.9 Å². The summed E-state index contributed by atoms with van der Waals surface area (Å²) in [6, 6.07) is 17.0. The molecule has 0 saturated heterocycles. The molecule has 1 aromatic heterocycles. The molecule has 2 heterocycles. The van der Waals surface area contributed by atoms with Crippen molar-refractivity contribution >= 4 is 6.08 Å². The molecule has 2 aromatic carbocycles. The Hall–Kier alpha value is -2.88. The van der Waals surface area contributed by atoms with Crippen LogP contribution in [0.4, 0.5) is 4.39 Å². The van der Waals surface area contributed by atoms with E-state index >= 15 is 0 Å². The summed E-state index contributed by atoms with van der Waals surface area (Å²) in [5.74, 6) is 0.322. The van der Waals surface area contributed by atoms with Gasteiger partial charge in [0, 0.05) is 12.7 Å². The highest BCUT2D eigenvalue weighted by Gasteiger charge is 2.17. The van der Waals surface area contributed by atoms with Crippen LogP contribution in [-0.2, 0) is 13.1 Å². The van der Waals surface area contributed by atoms with Crippen molar-refractivity contribution < 1.29 is 4.39 Å². The van der Waals surface area contributed by atoms with Crippen molar-refractivity contribution in [1.82, 2.24) is 14.9 Å². The van der Waals surface area contributed by atoms with Crippen molar-refractivity contribution in [3.63, 3.8) is 0 Å². The average molecular weight is 305 g/mol. The van der Waals surface area contributed by atoms with Crippen molar-refractivity contribution in [3.05, 3.63) is 83.6 Å². The average Bonchev–Trinajstić information content (AvgIpc) is 2.99. The second-order valence-corrected chi connectivity index (χ2v) is 5.63. The van der Waals surface area contributed by atoms with Gasteiger partial charge in [0.25, 0.3) is 0 Å². The molecule has 1 N–H and O–H groups in total.